The molecule has 102 valence electrons. The molecule has 1 saturated heterocycles. The van der Waals surface area contributed by atoms with Gasteiger partial charge in [0, 0.05) is 30.7 Å². The fourth-order valence-corrected chi connectivity index (χ4v) is 3.62. The molecule has 1 aliphatic rings. The molecule has 0 saturated carbocycles. The summed E-state index contributed by atoms with van der Waals surface area (Å²) in [5, 5.41) is 8.15. The highest BCUT2D eigenvalue weighted by molar-refractivity contribution is 7.07. The molecule has 1 aromatic rings. The van der Waals surface area contributed by atoms with E-state index in [0.29, 0.717) is 18.0 Å². The van der Waals surface area contributed by atoms with Gasteiger partial charge >= 0.3 is 0 Å². The lowest BCUT2D eigenvalue weighted by molar-refractivity contribution is 0.0372. The van der Waals surface area contributed by atoms with Gasteiger partial charge in [-0.15, -0.1) is 0 Å². The van der Waals surface area contributed by atoms with E-state index in [2.05, 4.69) is 61.7 Å². The zero-order chi connectivity index (χ0) is 13.3. The van der Waals surface area contributed by atoms with Crippen LogP contribution < -0.4 is 5.32 Å². The maximum absolute atomic E-state index is 3.68. The van der Waals surface area contributed by atoms with Crippen molar-refractivity contribution < 1.29 is 0 Å². The highest BCUT2D eigenvalue weighted by Crippen LogP contribution is 2.30. The molecule has 1 aromatic heterocycles. The van der Waals surface area contributed by atoms with Crippen LogP contribution in [0.5, 0.6) is 0 Å². The predicted molar refractivity (Wildman–Crippen MR) is 80.1 cm³/mol. The van der Waals surface area contributed by atoms with Crippen molar-refractivity contribution in [2.45, 2.75) is 52.2 Å². The van der Waals surface area contributed by atoms with Crippen molar-refractivity contribution in [2.75, 3.05) is 13.1 Å². The molecule has 2 rings (SSSR count). The normalized spacial score (nSPS) is 26.4. The molecule has 0 amide bonds. The van der Waals surface area contributed by atoms with E-state index < -0.39 is 0 Å². The summed E-state index contributed by atoms with van der Waals surface area (Å²) >= 11 is 1.80. The molecule has 2 heterocycles. The number of piperazine rings is 1. The maximum atomic E-state index is 3.68. The number of thiophene rings is 1. The molecule has 0 radical (unpaired) electrons. The minimum atomic E-state index is 0.218. The molecular formula is C15H26N2S. The molecule has 0 aromatic carbocycles. The van der Waals surface area contributed by atoms with Crippen molar-refractivity contribution in [3.8, 4) is 0 Å². The first-order valence-electron chi connectivity index (χ1n) is 6.93. The molecule has 3 heteroatoms. The summed E-state index contributed by atoms with van der Waals surface area (Å²) in [7, 11) is 0. The van der Waals surface area contributed by atoms with Gasteiger partial charge in [0.25, 0.3) is 0 Å². The molecule has 2 atom stereocenters. The number of hydrogen-bond acceptors (Lipinski definition) is 3. The summed E-state index contributed by atoms with van der Waals surface area (Å²) in [4.78, 5) is 2.68. The third-order valence-corrected chi connectivity index (χ3v) is 4.79. The Labute approximate surface area is 115 Å². The van der Waals surface area contributed by atoms with E-state index in [1.165, 1.54) is 5.56 Å². The molecular weight excluding hydrogens is 240 g/mol. The number of rotatable bonds is 3. The lowest BCUT2D eigenvalue weighted by atomic mass is 9.91. The molecule has 2 nitrogen and oxygen atoms in total. The third kappa shape index (κ3) is 2.95. The predicted octanol–water partition coefficient (Wildman–Crippen LogP) is 3.52. The quantitative estimate of drug-likeness (QED) is 0.900. The smallest absolute Gasteiger partial charge is 0.0332 e. The fourth-order valence-electron chi connectivity index (χ4n) is 2.87. The second kappa shape index (κ2) is 5.32. The largest absolute Gasteiger partial charge is 0.309 e. The first-order chi connectivity index (χ1) is 8.41. The number of nitrogens with zero attached hydrogens (tertiary/aromatic N) is 1. The van der Waals surface area contributed by atoms with Crippen LogP contribution in [0.1, 0.15) is 46.2 Å². The topological polar surface area (TPSA) is 15.3 Å². The van der Waals surface area contributed by atoms with Crippen molar-refractivity contribution >= 4 is 11.3 Å². The average molecular weight is 266 g/mol. The standard InChI is InChI=1S/C15H26N2S/c1-11(2)14-8-16-15(4,5)10-17(14)12(3)13-6-7-18-9-13/h6-7,9,11-12,14,16H,8,10H2,1-5H3. The Morgan fingerprint density at radius 3 is 2.67 bits per heavy atom. The van der Waals surface area contributed by atoms with Crippen LogP contribution in [0.15, 0.2) is 16.8 Å². The van der Waals surface area contributed by atoms with Crippen LogP contribution in [-0.4, -0.2) is 29.6 Å². The molecule has 18 heavy (non-hydrogen) atoms. The molecule has 2 unspecified atom stereocenters. The van der Waals surface area contributed by atoms with E-state index in [4.69, 9.17) is 0 Å². The van der Waals surface area contributed by atoms with Crippen LogP contribution in [-0.2, 0) is 0 Å². The highest BCUT2D eigenvalue weighted by atomic mass is 32.1. The molecule has 0 bridgehead atoms. The molecule has 1 N–H and O–H groups in total. The Morgan fingerprint density at radius 2 is 2.11 bits per heavy atom. The van der Waals surface area contributed by atoms with Crippen molar-refractivity contribution in [2.24, 2.45) is 5.92 Å². The molecule has 0 aliphatic carbocycles. The van der Waals surface area contributed by atoms with Gasteiger partial charge in [0.1, 0.15) is 0 Å². The van der Waals surface area contributed by atoms with E-state index in [0.717, 1.165) is 13.1 Å². The summed E-state index contributed by atoms with van der Waals surface area (Å²) < 4.78 is 0. The molecule has 1 fully saturated rings. The summed E-state index contributed by atoms with van der Waals surface area (Å²) in [6.07, 6.45) is 0. The fraction of sp³-hybridized carbons (Fsp3) is 0.733. The van der Waals surface area contributed by atoms with Crippen LogP contribution in [0.3, 0.4) is 0 Å². The van der Waals surface area contributed by atoms with Crippen molar-refractivity contribution in [3.05, 3.63) is 22.4 Å². The van der Waals surface area contributed by atoms with Crippen molar-refractivity contribution in [3.63, 3.8) is 0 Å². The summed E-state index contributed by atoms with van der Waals surface area (Å²) in [6.45, 7) is 13.8. The van der Waals surface area contributed by atoms with Gasteiger partial charge in [-0.05, 0) is 49.1 Å². The first kappa shape index (κ1) is 14.0. The van der Waals surface area contributed by atoms with E-state index in [9.17, 15) is 0 Å². The minimum absolute atomic E-state index is 0.218. The van der Waals surface area contributed by atoms with Crippen LogP contribution in [0, 0.1) is 5.92 Å². The lowest BCUT2D eigenvalue weighted by Crippen LogP contribution is -2.63. The summed E-state index contributed by atoms with van der Waals surface area (Å²) in [5.74, 6) is 0.690. The molecule has 1 aliphatic heterocycles. The Kier molecular flexibility index (Phi) is 4.15. The van der Waals surface area contributed by atoms with E-state index in [-0.39, 0.29) is 5.54 Å². The SMILES string of the molecule is CC(C)C1CNC(C)(C)CN1C(C)c1ccsc1. The Bertz CT molecular complexity index is 370. The van der Waals surface area contributed by atoms with Crippen molar-refractivity contribution in [1.29, 1.82) is 0 Å². The lowest BCUT2D eigenvalue weighted by Gasteiger charge is -2.48. The van der Waals surface area contributed by atoms with Crippen LogP contribution in [0.2, 0.25) is 0 Å². The monoisotopic (exact) mass is 266 g/mol. The van der Waals surface area contributed by atoms with Crippen molar-refractivity contribution in [1.82, 2.24) is 10.2 Å². The third-order valence-electron chi connectivity index (χ3n) is 4.09. The van der Waals surface area contributed by atoms with Gasteiger partial charge in [-0.3, -0.25) is 4.90 Å². The van der Waals surface area contributed by atoms with Gasteiger partial charge in [-0.2, -0.15) is 11.3 Å². The second-order valence-corrected chi connectivity index (χ2v) is 7.26. The van der Waals surface area contributed by atoms with Gasteiger partial charge in [-0.1, -0.05) is 13.8 Å². The molecule has 0 spiro atoms. The van der Waals surface area contributed by atoms with Gasteiger partial charge in [0.05, 0.1) is 0 Å². The maximum Gasteiger partial charge on any atom is 0.0332 e. The minimum Gasteiger partial charge on any atom is -0.309 e. The Hall–Kier alpha value is -0.380. The van der Waals surface area contributed by atoms with E-state index in [1.807, 2.05) is 0 Å². The van der Waals surface area contributed by atoms with Gasteiger partial charge in [-0.25, -0.2) is 0 Å². The summed E-state index contributed by atoms with van der Waals surface area (Å²) in [5.41, 5.74) is 1.68. The zero-order valence-corrected chi connectivity index (χ0v) is 13.1. The van der Waals surface area contributed by atoms with Gasteiger partial charge in [0.2, 0.25) is 0 Å². The zero-order valence-electron chi connectivity index (χ0n) is 12.2. The summed E-state index contributed by atoms with van der Waals surface area (Å²) in [6, 6.07) is 3.42. The van der Waals surface area contributed by atoms with Crippen LogP contribution >= 0.6 is 11.3 Å². The average Bonchev–Trinajstić information content (AvgIpc) is 2.79. The Balaban J connectivity index is 2.19. The van der Waals surface area contributed by atoms with E-state index >= 15 is 0 Å². The van der Waals surface area contributed by atoms with Crippen LogP contribution in [0.4, 0.5) is 0 Å². The second-order valence-electron chi connectivity index (χ2n) is 6.48. The first-order valence-corrected chi connectivity index (χ1v) is 7.88. The number of nitrogens with one attached hydrogen (secondary N) is 1. The Morgan fingerprint density at radius 1 is 1.39 bits per heavy atom. The van der Waals surface area contributed by atoms with Gasteiger partial charge < -0.3 is 5.32 Å². The van der Waals surface area contributed by atoms with Gasteiger partial charge in [0.15, 0.2) is 0 Å². The highest BCUT2D eigenvalue weighted by Gasteiger charge is 2.36. The number of hydrogen-bond donors (Lipinski definition) is 1. The van der Waals surface area contributed by atoms with Crippen LogP contribution in [0.25, 0.3) is 0 Å². The van der Waals surface area contributed by atoms with E-state index in [1.54, 1.807) is 11.3 Å².